The predicted molar refractivity (Wildman–Crippen MR) is 44.4 cm³/mol. The maximum atomic E-state index is 10.5. The van der Waals surface area contributed by atoms with E-state index in [-0.39, 0.29) is 6.04 Å². The summed E-state index contributed by atoms with van der Waals surface area (Å²) in [6.07, 6.45) is 0.565. The summed E-state index contributed by atoms with van der Waals surface area (Å²) in [5.74, 6) is -0.847. The maximum absolute atomic E-state index is 10.5. The second-order valence-electron chi connectivity index (χ2n) is 2.65. The Labute approximate surface area is 70.0 Å². The highest BCUT2D eigenvalue weighted by atomic mass is 32.1. The Morgan fingerprint density at radius 2 is 2.36 bits per heavy atom. The number of hydrogen-bond donors (Lipinski definition) is 3. The quantitative estimate of drug-likeness (QED) is 0.476. The Bertz CT molecular complexity index is 195. The number of carbonyl (C=O) groups is 1. The number of carboxylic acids is 1. The highest BCUT2D eigenvalue weighted by molar-refractivity contribution is 7.80. The van der Waals surface area contributed by atoms with E-state index in [0.717, 1.165) is 0 Å². The molecule has 0 unspecified atom stereocenters. The van der Waals surface area contributed by atoms with Gasteiger partial charge in [0.05, 0.1) is 0 Å². The van der Waals surface area contributed by atoms with Crippen LogP contribution < -0.4 is 10.6 Å². The van der Waals surface area contributed by atoms with Crippen LogP contribution in [0.25, 0.3) is 0 Å². The van der Waals surface area contributed by atoms with Gasteiger partial charge in [-0.3, -0.25) is 0 Å². The van der Waals surface area contributed by atoms with Gasteiger partial charge in [-0.15, -0.1) is 0 Å². The predicted octanol–water partition coefficient (Wildman–Crippen LogP) is -0.304. The molecule has 0 amide bonds. The van der Waals surface area contributed by atoms with Crippen LogP contribution in [-0.4, -0.2) is 28.3 Å². The summed E-state index contributed by atoms with van der Waals surface area (Å²) in [6.45, 7) is 1.91. The van der Waals surface area contributed by atoms with Crippen molar-refractivity contribution in [2.45, 2.75) is 25.4 Å². The summed E-state index contributed by atoms with van der Waals surface area (Å²) in [5, 5.41) is 14.6. The van der Waals surface area contributed by atoms with Gasteiger partial charge in [0.15, 0.2) is 5.11 Å². The Morgan fingerprint density at radius 1 is 1.73 bits per heavy atom. The van der Waals surface area contributed by atoms with Crippen LogP contribution in [0.15, 0.2) is 0 Å². The van der Waals surface area contributed by atoms with Gasteiger partial charge in [0.25, 0.3) is 0 Å². The van der Waals surface area contributed by atoms with E-state index in [2.05, 4.69) is 10.6 Å². The van der Waals surface area contributed by atoms with E-state index in [1.165, 1.54) is 0 Å². The summed E-state index contributed by atoms with van der Waals surface area (Å²) in [6, 6.07) is -0.386. The lowest BCUT2D eigenvalue weighted by Crippen LogP contribution is -2.55. The molecule has 62 valence electrons. The van der Waals surface area contributed by atoms with Crippen LogP contribution in [0.5, 0.6) is 0 Å². The minimum Gasteiger partial charge on any atom is -0.480 e. The fourth-order valence-corrected chi connectivity index (χ4v) is 1.40. The van der Waals surface area contributed by atoms with Gasteiger partial charge in [0, 0.05) is 6.04 Å². The monoisotopic (exact) mass is 174 g/mol. The molecule has 1 saturated heterocycles. The van der Waals surface area contributed by atoms with Crippen LogP contribution in [-0.2, 0) is 4.79 Å². The number of aliphatic carboxylic acids is 1. The van der Waals surface area contributed by atoms with E-state index in [4.69, 9.17) is 17.3 Å². The molecule has 0 aromatic heterocycles. The molecule has 1 aliphatic rings. The van der Waals surface area contributed by atoms with E-state index in [1.54, 1.807) is 0 Å². The molecular weight excluding hydrogens is 164 g/mol. The van der Waals surface area contributed by atoms with Crippen molar-refractivity contribution in [1.29, 1.82) is 0 Å². The molecule has 4 nitrogen and oxygen atoms in total. The summed E-state index contributed by atoms with van der Waals surface area (Å²) in [4.78, 5) is 10.5. The molecule has 0 radical (unpaired) electrons. The lowest BCUT2D eigenvalue weighted by Gasteiger charge is -2.28. The van der Waals surface area contributed by atoms with E-state index >= 15 is 0 Å². The maximum Gasteiger partial charge on any atom is 0.326 e. The lowest BCUT2D eigenvalue weighted by molar-refractivity contribution is -0.139. The standard InChI is InChI=1S/C6H10N2O2S/c1-3-2-4(5(9)10)8-6(11)7-3/h3-4H,2H2,1H3,(H,9,10)(H2,7,8,11)/t3-,4+/m1/s1. The van der Waals surface area contributed by atoms with Crippen LogP contribution >= 0.6 is 12.2 Å². The topological polar surface area (TPSA) is 61.4 Å². The molecule has 0 saturated carbocycles. The molecule has 0 aromatic carbocycles. The first-order valence-electron chi connectivity index (χ1n) is 3.39. The molecule has 1 aliphatic heterocycles. The van der Waals surface area contributed by atoms with E-state index in [9.17, 15) is 4.79 Å². The van der Waals surface area contributed by atoms with Gasteiger partial charge >= 0.3 is 5.97 Å². The SMILES string of the molecule is C[C@@H]1C[C@@H](C(=O)O)NC(=S)N1. The Kier molecular flexibility index (Phi) is 2.28. The van der Waals surface area contributed by atoms with E-state index in [1.807, 2.05) is 6.92 Å². The normalized spacial score (nSPS) is 30.5. The van der Waals surface area contributed by atoms with Gasteiger partial charge in [-0.25, -0.2) is 4.79 Å². The van der Waals surface area contributed by atoms with Gasteiger partial charge in [-0.05, 0) is 25.6 Å². The van der Waals surface area contributed by atoms with Gasteiger partial charge < -0.3 is 15.7 Å². The first-order valence-corrected chi connectivity index (χ1v) is 3.80. The zero-order valence-electron chi connectivity index (χ0n) is 6.13. The zero-order chi connectivity index (χ0) is 8.43. The fourth-order valence-electron chi connectivity index (χ4n) is 1.06. The van der Waals surface area contributed by atoms with Crippen molar-refractivity contribution >= 4 is 23.3 Å². The third-order valence-corrected chi connectivity index (χ3v) is 1.81. The van der Waals surface area contributed by atoms with Crippen LogP contribution in [0.3, 0.4) is 0 Å². The molecule has 0 aliphatic carbocycles. The molecule has 0 spiro atoms. The van der Waals surface area contributed by atoms with Crippen molar-refractivity contribution in [2.75, 3.05) is 0 Å². The smallest absolute Gasteiger partial charge is 0.326 e. The largest absolute Gasteiger partial charge is 0.480 e. The van der Waals surface area contributed by atoms with Crippen molar-refractivity contribution in [1.82, 2.24) is 10.6 Å². The van der Waals surface area contributed by atoms with Crippen molar-refractivity contribution in [3.63, 3.8) is 0 Å². The van der Waals surface area contributed by atoms with Crippen molar-refractivity contribution in [3.05, 3.63) is 0 Å². The second-order valence-corrected chi connectivity index (χ2v) is 3.05. The van der Waals surface area contributed by atoms with Crippen molar-refractivity contribution in [2.24, 2.45) is 0 Å². The second kappa shape index (κ2) is 3.04. The molecule has 1 fully saturated rings. The summed E-state index contributed by atoms with van der Waals surface area (Å²) in [7, 11) is 0. The van der Waals surface area contributed by atoms with E-state index in [0.29, 0.717) is 11.5 Å². The van der Waals surface area contributed by atoms with Gasteiger partial charge in [0.1, 0.15) is 6.04 Å². The summed E-state index contributed by atoms with van der Waals surface area (Å²) in [5.41, 5.74) is 0. The van der Waals surface area contributed by atoms with Gasteiger partial charge in [-0.1, -0.05) is 0 Å². The Balaban J connectivity index is 2.56. The van der Waals surface area contributed by atoms with Crippen LogP contribution in [0, 0.1) is 0 Å². The molecule has 1 rings (SSSR count). The lowest BCUT2D eigenvalue weighted by atomic mass is 10.1. The number of rotatable bonds is 1. The zero-order valence-corrected chi connectivity index (χ0v) is 6.94. The summed E-state index contributed by atoms with van der Waals surface area (Å²) >= 11 is 4.79. The highest BCUT2D eigenvalue weighted by Crippen LogP contribution is 2.03. The molecule has 0 bridgehead atoms. The molecule has 2 atom stereocenters. The molecule has 0 aromatic rings. The minimum absolute atomic E-state index is 0.143. The fraction of sp³-hybridized carbons (Fsp3) is 0.667. The number of hydrogen-bond acceptors (Lipinski definition) is 2. The van der Waals surface area contributed by atoms with Crippen molar-refractivity contribution < 1.29 is 9.90 Å². The van der Waals surface area contributed by atoms with Crippen LogP contribution in [0.4, 0.5) is 0 Å². The van der Waals surface area contributed by atoms with Crippen LogP contribution in [0.1, 0.15) is 13.3 Å². The van der Waals surface area contributed by atoms with Crippen LogP contribution in [0.2, 0.25) is 0 Å². The molecular formula is C6H10N2O2S. The van der Waals surface area contributed by atoms with Gasteiger partial charge in [0.2, 0.25) is 0 Å². The van der Waals surface area contributed by atoms with Crippen molar-refractivity contribution in [3.8, 4) is 0 Å². The van der Waals surface area contributed by atoms with Gasteiger partial charge in [-0.2, -0.15) is 0 Å². The van der Waals surface area contributed by atoms with E-state index < -0.39 is 12.0 Å². The third kappa shape index (κ3) is 2.04. The highest BCUT2D eigenvalue weighted by Gasteiger charge is 2.25. The molecule has 3 N–H and O–H groups in total. The first-order chi connectivity index (χ1) is 5.09. The average molecular weight is 174 g/mol. The molecule has 1 heterocycles. The summed E-state index contributed by atoms with van der Waals surface area (Å²) < 4.78 is 0. The molecule has 5 heteroatoms. The average Bonchev–Trinajstić information content (AvgIpc) is 1.85. The Morgan fingerprint density at radius 3 is 2.82 bits per heavy atom. The third-order valence-electron chi connectivity index (χ3n) is 1.57. The Hall–Kier alpha value is -0.840. The minimum atomic E-state index is -0.847. The first kappa shape index (κ1) is 8.26. The number of nitrogens with one attached hydrogen (secondary N) is 2. The molecule has 11 heavy (non-hydrogen) atoms. The number of carboxylic acid groups (broad SMARTS) is 1. The number of thiocarbonyl (C=S) groups is 1.